The van der Waals surface area contributed by atoms with Gasteiger partial charge in [0.05, 0.1) is 12.0 Å². The van der Waals surface area contributed by atoms with Crippen molar-refractivity contribution in [3.05, 3.63) is 70.8 Å². The summed E-state index contributed by atoms with van der Waals surface area (Å²) in [6.45, 7) is 2.77. The molecule has 24 heavy (non-hydrogen) atoms. The van der Waals surface area contributed by atoms with E-state index >= 15 is 0 Å². The minimum Gasteiger partial charge on any atom is -0.478 e. The van der Waals surface area contributed by atoms with Gasteiger partial charge in [0.15, 0.2) is 0 Å². The fourth-order valence-corrected chi connectivity index (χ4v) is 3.29. The molecule has 0 saturated heterocycles. The summed E-state index contributed by atoms with van der Waals surface area (Å²) in [6, 6.07) is 15.1. The van der Waals surface area contributed by atoms with Crippen molar-refractivity contribution in [2.24, 2.45) is 0 Å². The maximum Gasteiger partial charge on any atom is 0.335 e. The summed E-state index contributed by atoms with van der Waals surface area (Å²) in [5.74, 6) is -0.856. The monoisotopic (exact) mass is 323 g/mol. The molecule has 0 spiro atoms. The van der Waals surface area contributed by atoms with Crippen molar-refractivity contribution in [1.29, 1.82) is 0 Å². The number of carbonyl (C=O) groups is 2. The van der Waals surface area contributed by atoms with Gasteiger partial charge in [0, 0.05) is 12.6 Å². The predicted octanol–water partition coefficient (Wildman–Crippen LogP) is 3.29. The molecule has 0 bridgehead atoms. The lowest BCUT2D eigenvalue weighted by Crippen LogP contribution is -2.44. The van der Waals surface area contributed by atoms with Crippen molar-refractivity contribution in [3.63, 3.8) is 0 Å². The van der Waals surface area contributed by atoms with Crippen molar-refractivity contribution in [2.75, 3.05) is 0 Å². The van der Waals surface area contributed by atoms with Crippen molar-refractivity contribution in [2.45, 2.75) is 38.8 Å². The quantitative estimate of drug-likeness (QED) is 0.939. The van der Waals surface area contributed by atoms with Gasteiger partial charge in [-0.3, -0.25) is 4.79 Å². The summed E-state index contributed by atoms with van der Waals surface area (Å²) in [5, 5.41) is 8.95. The minimum absolute atomic E-state index is 0.0967. The van der Waals surface area contributed by atoms with Crippen molar-refractivity contribution >= 4 is 11.9 Å². The average Bonchev–Trinajstić information content (AvgIpc) is 2.61. The molecule has 1 heterocycles. The van der Waals surface area contributed by atoms with Gasteiger partial charge in [-0.05, 0) is 41.7 Å². The maximum atomic E-state index is 12.8. The van der Waals surface area contributed by atoms with E-state index in [-0.39, 0.29) is 17.5 Å². The summed E-state index contributed by atoms with van der Waals surface area (Å²) in [7, 11) is 0. The number of benzene rings is 2. The van der Waals surface area contributed by atoms with Gasteiger partial charge in [0.1, 0.15) is 0 Å². The standard InChI is InChI=1S/C20H21NO3/c1-2-18-12-16-5-3-4-6-17(16)13-21(18)19(22)11-14-7-9-15(10-8-14)20(23)24/h3-10,18H,2,11-13H2,1H3,(H,23,24). The van der Waals surface area contributed by atoms with E-state index in [2.05, 4.69) is 19.1 Å². The first kappa shape index (κ1) is 16.2. The molecule has 2 aromatic carbocycles. The molecule has 0 fully saturated rings. The molecular weight excluding hydrogens is 302 g/mol. The molecule has 1 N–H and O–H groups in total. The Morgan fingerprint density at radius 3 is 2.38 bits per heavy atom. The third-order valence-electron chi connectivity index (χ3n) is 4.70. The lowest BCUT2D eigenvalue weighted by Gasteiger charge is -2.36. The molecule has 1 aliphatic heterocycles. The fraction of sp³-hybridized carbons (Fsp3) is 0.300. The van der Waals surface area contributed by atoms with Gasteiger partial charge >= 0.3 is 5.97 Å². The third-order valence-corrected chi connectivity index (χ3v) is 4.70. The molecule has 0 aliphatic carbocycles. The van der Waals surface area contributed by atoms with Crippen LogP contribution in [0.15, 0.2) is 48.5 Å². The molecule has 3 rings (SSSR count). The second kappa shape index (κ2) is 6.87. The zero-order valence-electron chi connectivity index (χ0n) is 13.7. The Morgan fingerprint density at radius 1 is 1.08 bits per heavy atom. The smallest absolute Gasteiger partial charge is 0.335 e. The van der Waals surface area contributed by atoms with E-state index in [9.17, 15) is 9.59 Å². The Morgan fingerprint density at radius 2 is 1.75 bits per heavy atom. The highest BCUT2D eigenvalue weighted by molar-refractivity contribution is 5.87. The van der Waals surface area contributed by atoms with Crippen LogP contribution in [-0.4, -0.2) is 27.9 Å². The Hall–Kier alpha value is -2.62. The highest BCUT2D eigenvalue weighted by Crippen LogP contribution is 2.25. The third kappa shape index (κ3) is 3.32. The first-order valence-electron chi connectivity index (χ1n) is 8.27. The number of fused-ring (bicyclic) bond motifs is 1. The maximum absolute atomic E-state index is 12.8. The van der Waals surface area contributed by atoms with Crippen molar-refractivity contribution < 1.29 is 14.7 Å². The Labute approximate surface area is 141 Å². The summed E-state index contributed by atoms with van der Waals surface area (Å²) < 4.78 is 0. The molecule has 0 saturated carbocycles. The highest BCUT2D eigenvalue weighted by atomic mass is 16.4. The molecule has 4 heteroatoms. The first-order chi connectivity index (χ1) is 11.6. The van der Waals surface area contributed by atoms with E-state index in [1.165, 1.54) is 11.1 Å². The zero-order chi connectivity index (χ0) is 17.1. The summed E-state index contributed by atoms with van der Waals surface area (Å²) in [5.41, 5.74) is 3.64. The van der Waals surface area contributed by atoms with E-state index in [0.717, 1.165) is 18.4 Å². The highest BCUT2D eigenvalue weighted by Gasteiger charge is 2.28. The van der Waals surface area contributed by atoms with E-state index in [0.29, 0.717) is 13.0 Å². The number of carbonyl (C=O) groups excluding carboxylic acids is 1. The van der Waals surface area contributed by atoms with Crippen LogP contribution in [0.1, 0.15) is 40.4 Å². The molecule has 0 radical (unpaired) electrons. The molecule has 1 atom stereocenters. The normalized spacial score (nSPS) is 16.5. The molecule has 1 amide bonds. The summed E-state index contributed by atoms with van der Waals surface area (Å²) >= 11 is 0. The number of nitrogens with zero attached hydrogens (tertiary/aromatic N) is 1. The molecule has 1 aliphatic rings. The van der Waals surface area contributed by atoms with Gasteiger partial charge in [-0.2, -0.15) is 0 Å². The van der Waals surface area contributed by atoms with Crippen LogP contribution in [0.25, 0.3) is 0 Å². The van der Waals surface area contributed by atoms with Gasteiger partial charge in [-0.1, -0.05) is 43.3 Å². The number of carboxylic acid groups (broad SMARTS) is 1. The van der Waals surface area contributed by atoms with E-state index in [1.54, 1.807) is 24.3 Å². The van der Waals surface area contributed by atoms with E-state index < -0.39 is 5.97 Å². The fourth-order valence-electron chi connectivity index (χ4n) is 3.29. The number of carboxylic acids is 1. The number of rotatable bonds is 4. The number of amides is 1. The molecule has 2 aromatic rings. The van der Waals surface area contributed by atoms with E-state index in [1.807, 2.05) is 17.0 Å². The minimum atomic E-state index is -0.952. The average molecular weight is 323 g/mol. The molecule has 124 valence electrons. The predicted molar refractivity (Wildman–Crippen MR) is 91.9 cm³/mol. The van der Waals surface area contributed by atoms with Gasteiger partial charge in [-0.15, -0.1) is 0 Å². The first-order valence-corrected chi connectivity index (χ1v) is 8.27. The lowest BCUT2D eigenvalue weighted by atomic mass is 9.92. The second-order valence-corrected chi connectivity index (χ2v) is 6.24. The SMILES string of the molecule is CCC1Cc2ccccc2CN1C(=O)Cc1ccc(C(=O)O)cc1. The topological polar surface area (TPSA) is 57.6 Å². The second-order valence-electron chi connectivity index (χ2n) is 6.24. The Balaban J connectivity index is 1.75. The van der Waals surface area contributed by atoms with Crippen LogP contribution in [0.3, 0.4) is 0 Å². The number of aromatic carboxylic acids is 1. The summed E-state index contributed by atoms with van der Waals surface area (Å²) in [4.78, 5) is 25.6. The molecular formula is C20H21NO3. The van der Waals surface area contributed by atoms with Gasteiger partial charge in [0.2, 0.25) is 5.91 Å². The molecule has 1 unspecified atom stereocenters. The Kier molecular flexibility index (Phi) is 4.65. The Bertz CT molecular complexity index is 752. The van der Waals surface area contributed by atoms with Crippen LogP contribution < -0.4 is 0 Å². The van der Waals surface area contributed by atoms with Crippen LogP contribution in [0.5, 0.6) is 0 Å². The largest absolute Gasteiger partial charge is 0.478 e. The lowest BCUT2D eigenvalue weighted by molar-refractivity contribution is -0.134. The summed E-state index contributed by atoms with van der Waals surface area (Å²) in [6.07, 6.45) is 2.13. The van der Waals surface area contributed by atoms with Crippen LogP contribution in [0, 0.1) is 0 Å². The van der Waals surface area contributed by atoms with Crippen LogP contribution in [-0.2, 0) is 24.2 Å². The number of hydrogen-bond donors (Lipinski definition) is 1. The van der Waals surface area contributed by atoms with Crippen molar-refractivity contribution in [1.82, 2.24) is 4.90 Å². The van der Waals surface area contributed by atoms with E-state index in [4.69, 9.17) is 5.11 Å². The van der Waals surface area contributed by atoms with Gasteiger partial charge < -0.3 is 10.0 Å². The van der Waals surface area contributed by atoms with Crippen molar-refractivity contribution in [3.8, 4) is 0 Å². The van der Waals surface area contributed by atoms with Crippen LogP contribution >= 0.6 is 0 Å². The molecule has 0 aromatic heterocycles. The zero-order valence-corrected chi connectivity index (χ0v) is 13.7. The van der Waals surface area contributed by atoms with Crippen LogP contribution in [0.2, 0.25) is 0 Å². The number of hydrogen-bond acceptors (Lipinski definition) is 2. The van der Waals surface area contributed by atoms with Gasteiger partial charge in [0.25, 0.3) is 0 Å². The van der Waals surface area contributed by atoms with Crippen LogP contribution in [0.4, 0.5) is 0 Å². The molecule has 4 nitrogen and oxygen atoms in total. The van der Waals surface area contributed by atoms with Gasteiger partial charge in [-0.25, -0.2) is 4.79 Å².